The van der Waals surface area contributed by atoms with Crippen LogP contribution in [0.4, 0.5) is 0 Å². The van der Waals surface area contributed by atoms with Crippen molar-refractivity contribution in [2.75, 3.05) is 0 Å². The summed E-state index contributed by atoms with van der Waals surface area (Å²) in [6.45, 7) is 9.41. The molecule has 2 rings (SSSR count). The van der Waals surface area contributed by atoms with Crippen molar-refractivity contribution in [1.82, 2.24) is 0 Å². The summed E-state index contributed by atoms with van der Waals surface area (Å²) in [7, 11) is 0. The van der Waals surface area contributed by atoms with Crippen molar-refractivity contribution in [3.8, 4) is 0 Å². The first-order valence-corrected chi connectivity index (χ1v) is 8.41. The van der Waals surface area contributed by atoms with Crippen LogP contribution in [0.1, 0.15) is 52.2 Å². The quantitative estimate of drug-likeness (QED) is 0.834. The van der Waals surface area contributed by atoms with Crippen molar-refractivity contribution < 1.29 is 14.7 Å². The Hall–Kier alpha value is -2.42. The van der Waals surface area contributed by atoms with Crippen LogP contribution in [0.2, 0.25) is 0 Å². The van der Waals surface area contributed by atoms with Gasteiger partial charge in [0.1, 0.15) is 5.78 Å². The van der Waals surface area contributed by atoms with Gasteiger partial charge in [-0.3, -0.25) is 9.59 Å². The number of rotatable bonds is 5. The molecular weight excluding hydrogens is 312 g/mol. The molecule has 0 radical (unpaired) electrons. The molecule has 3 heteroatoms. The molecule has 25 heavy (non-hydrogen) atoms. The number of carboxylic acids is 1. The molecular formula is C22H28O3. The second kappa shape index (κ2) is 8.61. The lowest BCUT2D eigenvalue weighted by Crippen LogP contribution is -2.26. The summed E-state index contributed by atoms with van der Waals surface area (Å²) in [6, 6.07) is 19.6. The Balaban J connectivity index is 0.000000251. The number of Topliss-reactive ketones (excluding diaryl/α,β-unsaturated/α-hetero) is 1. The fourth-order valence-corrected chi connectivity index (χ4v) is 2.43. The maximum atomic E-state index is 11.3. The SMILES string of the molecule is CC(=O)C(C)(C)c1ccccc1.CC(C)(CC(=O)O)c1ccccc1. The van der Waals surface area contributed by atoms with Gasteiger partial charge in [0.05, 0.1) is 6.42 Å². The molecule has 0 heterocycles. The third kappa shape index (κ3) is 6.18. The minimum absolute atomic E-state index is 0.164. The van der Waals surface area contributed by atoms with E-state index in [0.29, 0.717) is 0 Å². The number of aliphatic carboxylic acids is 1. The van der Waals surface area contributed by atoms with Crippen molar-refractivity contribution in [2.24, 2.45) is 0 Å². The van der Waals surface area contributed by atoms with Gasteiger partial charge in [0.2, 0.25) is 0 Å². The molecule has 0 fully saturated rings. The van der Waals surface area contributed by atoms with Gasteiger partial charge in [0, 0.05) is 10.8 Å². The fourth-order valence-electron chi connectivity index (χ4n) is 2.43. The van der Waals surface area contributed by atoms with E-state index in [4.69, 9.17) is 5.11 Å². The largest absolute Gasteiger partial charge is 0.481 e. The smallest absolute Gasteiger partial charge is 0.304 e. The summed E-state index contributed by atoms with van der Waals surface area (Å²) >= 11 is 0. The van der Waals surface area contributed by atoms with Gasteiger partial charge in [0.15, 0.2) is 0 Å². The van der Waals surface area contributed by atoms with Gasteiger partial charge in [-0.15, -0.1) is 0 Å². The molecule has 0 bridgehead atoms. The monoisotopic (exact) mass is 340 g/mol. The van der Waals surface area contributed by atoms with Crippen LogP contribution < -0.4 is 0 Å². The molecule has 0 aliphatic carbocycles. The Morgan fingerprint density at radius 1 is 0.800 bits per heavy atom. The van der Waals surface area contributed by atoms with Crippen molar-refractivity contribution in [3.63, 3.8) is 0 Å². The molecule has 0 saturated heterocycles. The molecule has 0 saturated carbocycles. The highest BCUT2D eigenvalue weighted by Gasteiger charge is 2.25. The molecule has 0 aromatic heterocycles. The van der Waals surface area contributed by atoms with Crippen molar-refractivity contribution in [2.45, 2.75) is 51.9 Å². The Bertz CT molecular complexity index is 686. The molecule has 1 N–H and O–H groups in total. The third-order valence-electron chi connectivity index (χ3n) is 4.52. The van der Waals surface area contributed by atoms with Crippen LogP contribution >= 0.6 is 0 Å². The maximum absolute atomic E-state index is 11.3. The van der Waals surface area contributed by atoms with Crippen LogP contribution in [0.25, 0.3) is 0 Å². The number of carboxylic acid groups (broad SMARTS) is 1. The highest BCUT2D eigenvalue weighted by molar-refractivity contribution is 5.87. The topological polar surface area (TPSA) is 54.4 Å². The molecule has 0 amide bonds. The number of ketones is 1. The molecule has 0 aliphatic rings. The summed E-state index contributed by atoms with van der Waals surface area (Å²) in [5.41, 5.74) is 1.52. The number of carbonyl (C=O) groups excluding carboxylic acids is 1. The second-order valence-corrected chi connectivity index (χ2v) is 7.37. The van der Waals surface area contributed by atoms with E-state index in [1.165, 1.54) is 0 Å². The molecule has 0 spiro atoms. The van der Waals surface area contributed by atoms with Crippen molar-refractivity contribution in [1.29, 1.82) is 0 Å². The Morgan fingerprint density at radius 3 is 1.56 bits per heavy atom. The van der Waals surface area contributed by atoms with Crippen LogP contribution in [0.3, 0.4) is 0 Å². The van der Waals surface area contributed by atoms with E-state index >= 15 is 0 Å². The molecule has 2 aromatic rings. The van der Waals surface area contributed by atoms with Gasteiger partial charge >= 0.3 is 5.97 Å². The number of carbonyl (C=O) groups is 2. The van der Waals surface area contributed by atoms with Gasteiger partial charge < -0.3 is 5.11 Å². The lowest BCUT2D eigenvalue weighted by molar-refractivity contribution is -0.138. The first-order chi connectivity index (χ1) is 11.6. The Kier molecular flexibility index (Phi) is 7.10. The number of hydrogen-bond acceptors (Lipinski definition) is 2. The minimum Gasteiger partial charge on any atom is -0.481 e. The number of hydrogen-bond donors (Lipinski definition) is 1. The summed E-state index contributed by atoms with van der Waals surface area (Å²) in [6.07, 6.45) is 0.164. The Labute approximate surface area is 150 Å². The van der Waals surface area contributed by atoms with E-state index in [-0.39, 0.29) is 23.0 Å². The molecule has 134 valence electrons. The van der Waals surface area contributed by atoms with Gasteiger partial charge in [-0.25, -0.2) is 0 Å². The van der Waals surface area contributed by atoms with E-state index in [0.717, 1.165) is 11.1 Å². The second-order valence-electron chi connectivity index (χ2n) is 7.37. The maximum Gasteiger partial charge on any atom is 0.304 e. The van der Waals surface area contributed by atoms with Gasteiger partial charge in [-0.2, -0.15) is 0 Å². The average Bonchev–Trinajstić information content (AvgIpc) is 2.56. The molecule has 3 nitrogen and oxygen atoms in total. The molecule has 2 aromatic carbocycles. The van der Waals surface area contributed by atoms with Gasteiger partial charge in [0.25, 0.3) is 0 Å². The fraction of sp³-hybridized carbons (Fsp3) is 0.364. The van der Waals surface area contributed by atoms with Crippen molar-refractivity contribution in [3.05, 3.63) is 71.8 Å². The molecule has 0 atom stereocenters. The Morgan fingerprint density at radius 2 is 1.20 bits per heavy atom. The third-order valence-corrected chi connectivity index (χ3v) is 4.52. The molecule has 0 unspecified atom stereocenters. The highest BCUT2D eigenvalue weighted by Crippen LogP contribution is 2.26. The van der Waals surface area contributed by atoms with E-state index in [1.807, 2.05) is 88.4 Å². The normalized spacial score (nSPS) is 11.2. The summed E-state index contributed by atoms with van der Waals surface area (Å²) < 4.78 is 0. The van der Waals surface area contributed by atoms with E-state index < -0.39 is 5.97 Å². The zero-order valence-corrected chi connectivity index (χ0v) is 15.7. The first kappa shape index (κ1) is 20.6. The lowest BCUT2D eigenvalue weighted by atomic mass is 9.81. The van der Waals surface area contributed by atoms with Crippen LogP contribution in [-0.4, -0.2) is 16.9 Å². The zero-order valence-electron chi connectivity index (χ0n) is 15.7. The van der Waals surface area contributed by atoms with Crippen LogP contribution in [0.5, 0.6) is 0 Å². The summed E-state index contributed by atoms with van der Waals surface area (Å²) in [5.74, 6) is -0.553. The van der Waals surface area contributed by atoms with E-state index in [1.54, 1.807) is 6.92 Å². The predicted octanol–water partition coefficient (Wildman–Crippen LogP) is 4.99. The van der Waals surface area contributed by atoms with Crippen LogP contribution in [0, 0.1) is 0 Å². The standard InChI is InChI=1S/C11H14O2.C11H14O/c1-11(2,8-10(12)13)9-6-4-3-5-7-9;1-9(12)11(2,3)10-7-5-4-6-8-10/h3-7H,8H2,1-2H3,(H,12,13);4-8H,1-3H3. The van der Waals surface area contributed by atoms with Gasteiger partial charge in [-0.1, -0.05) is 74.5 Å². The average molecular weight is 340 g/mol. The van der Waals surface area contributed by atoms with E-state index in [9.17, 15) is 9.59 Å². The van der Waals surface area contributed by atoms with Gasteiger partial charge in [-0.05, 0) is 31.9 Å². The first-order valence-electron chi connectivity index (χ1n) is 8.41. The zero-order chi connectivity index (χ0) is 19.1. The highest BCUT2D eigenvalue weighted by atomic mass is 16.4. The lowest BCUT2D eigenvalue weighted by Gasteiger charge is -2.22. The number of benzene rings is 2. The van der Waals surface area contributed by atoms with E-state index in [2.05, 4.69) is 0 Å². The van der Waals surface area contributed by atoms with Crippen LogP contribution in [-0.2, 0) is 20.4 Å². The molecule has 0 aliphatic heterocycles. The van der Waals surface area contributed by atoms with Crippen molar-refractivity contribution >= 4 is 11.8 Å². The predicted molar refractivity (Wildman–Crippen MR) is 102 cm³/mol. The summed E-state index contributed by atoms with van der Waals surface area (Å²) in [4.78, 5) is 21.9. The van der Waals surface area contributed by atoms with Crippen LogP contribution in [0.15, 0.2) is 60.7 Å². The summed E-state index contributed by atoms with van der Waals surface area (Å²) in [5, 5.41) is 8.71. The minimum atomic E-state index is -0.756.